The highest BCUT2D eigenvalue weighted by Crippen LogP contribution is 1.98. The molecule has 2 nitrogen and oxygen atoms in total. The van der Waals surface area contributed by atoms with Gasteiger partial charge in [-0.1, -0.05) is 25.6 Å². The maximum absolute atomic E-state index is 11.1. The molecule has 1 rings (SSSR count). The molecule has 0 aliphatic heterocycles. The lowest BCUT2D eigenvalue weighted by Crippen LogP contribution is -2.17. The van der Waals surface area contributed by atoms with Crippen LogP contribution >= 0.6 is 0 Å². The van der Waals surface area contributed by atoms with Gasteiger partial charge in [-0.05, 0) is 6.07 Å². The fourth-order valence-corrected chi connectivity index (χ4v) is 1.45. The van der Waals surface area contributed by atoms with E-state index in [1.807, 2.05) is 0 Å². The molecule has 0 bridgehead atoms. The Kier molecular flexibility index (Phi) is 2.97. The topological polar surface area (TPSA) is 22.0 Å². The van der Waals surface area contributed by atoms with Gasteiger partial charge in [0.2, 0.25) is 5.56 Å². The van der Waals surface area contributed by atoms with Gasteiger partial charge >= 0.3 is 0 Å². The van der Waals surface area contributed by atoms with E-state index < -0.39 is 8.07 Å². The molecule has 74 valence electrons. The van der Waals surface area contributed by atoms with Crippen LogP contribution in [-0.4, -0.2) is 12.6 Å². The normalized spacial score (nSPS) is 10.6. The summed E-state index contributed by atoms with van der Waals surface area (Å²) in [5, 5.41) is 0. The molecule has 1 aromatic rings. The Bertz CT molecular complexity index is 443. The van der Waals surface area contributed by atoms with Crippen molar-refractivity contribution in [3.8, 4) is 11.5 Å². The van der Waals surface area contributed by atoms with Crippen molar-refractivity contribution in [2.24, 2.45) is 7.05 Å². The smallest absolute Gasteiger partial charge is 0.250 e. The Balaban J connectivity index is 3.04. The van der Waals surface area contributed by atoms with Crippen LogP contribution in [0.25, 0.3) is 0 Å². The molecule has 0 atom stereocenters. The van der Waals surface area contributed by atoms with Gasteiger partial charge in [0, 0.05) is 24.9 Å². The fraction of sp³-hybridized carbons (Fsp3) is 0.364. The zero-order valence-corrected chi connectivity index (χ0v) is 10.1. The Labute approximate surface area is 85.6 Å². The molecule has 0 unspecified atom stereocenters. The summed E-state index contributed by atoms with van der Waals surface area (Å²) in [5.74, 6) is 3.10. The number of aryl methyl sites for hydroxylation is 1. The summed E-state index contributed by atoms with van der Waals surface area (Å²) < 4.78 is 1.55. The third-order valence-corrected chi connectivity index (χ3v) is 2.54. The van der Waals surface area contributed by atoms with Gasteiger partial charge in [0.05, 0.1) is 0 Å². The van der Waals surface area contributed by atoms with Crippen molar-refractivity contribution < 1.29 is 0 Å². The van der Waals surface area contributed by atoms with Crippen LogP contribution in [0.5, 0.6) is 0 Å². The highest BCUT2D eigenvalue weighted by molar-refractivity contribution is 6.83. The Hall–Kier alpha value is -1.27. The van der Waals surface area contributed by atoms with Crippen molar-refractivity contribution in [3.63, 3.8) is 0 Å². The first-order valence-corrected chi connectivity index (χ1v) is 8.08. The number of aromatic nitrogens is 1. The van der Waals surface area contributed by atoms with E-state index in [-0.39, 0.29) is 5.56 Å². The number of hydrogen-bond acceptors (Lipinski definition) is 1. The number of pyridine rings is 1. The Morgan fingerprint density at radius 1 is 1.29 bits per heavy atom. The van der Waals surface area contributed by atoms with Gasteiger partial charge in [-0.3, -0.25) is 4.79 Å². The molecule has 0 N–H and O–H groups in total. The maximum atomic E-state index is 11.1. The maximum Gasteiger partial charge on any atom is 0.250 e. The zero-order valence-electron chi connectivity index (χ0n) is 9.09. The van der Waals surface area contributed by atoms with Crippen molar-refractivity contribution in [1.29, 1.82) is 0 Å². The van der Waals surface area contributed by atoms with Gasteiger partial charge in [-0.15, -0.1) is 5.54 Å². The minimum absolute atomic E-state index is 0.00329. The molecule has 0 amide bonds. The summed E-state index contributed by atoms with van der Waals surface area (Å²) in [5.41, 5.74) is 4.17. The van der Waals surface area contributed by atoms with E-state index in [1.54, 1.807) is 29.9 Å². The SMILES string of the molecule is Cn1cc(C#C[Si](C)(C)C)ccc1=O. The zero-order chi connectivity index (χ0) is 10.8. The molecule has 14 heavy (non-hydrogen) atoms. The van der Waals surface area contributed by atoms with Gasteiger partial charge in [0.15, 0.2) is 0 Å². The van der Waals surface area contributed by atoms with Crippen molar-refractivity contribution in [2.45, 2.75) is 19.6 Å². The van der Waals surface area contributed by atoms with Crippen LogP contribution in [0.3, 0.4) is 0 Å². The first-order chi connectivity index (χ1) is 6.38. The molecule has 0 aliphatic carbocycles. The van der Waals surface area contributed by atoms with Gasteiger partial charge in [0.1, 0.15) is 8.07 Å². The summed E-state index contributed by atoms with van der Waals surface area (Å²) in [6.45, 7) is 6.59. The molecule has 0 aliphatic rings. The second-order valence-electron chi connectivity index (χ2n) is 4.37. The predicted molar refractivity (Wildman–Crippen MR) is 61.9 cm³/mol. The Morgan fingerprint density at radius 2 is 1.93 bits per heavy atom. The van der Waals surface area contributed by atoms with Crippen molar-refractivity contribution in [1.82, 2.24) is 4.57 Å². The lowest BCUT2D eigenvalue weighted by atomic mass is 10.3. The first kappa shape index (κ1) is 10.8. The summed E-state index contributed by atoms with van der Waals surface area (Å²) in [7, 11) is 0.419. The minimum atomic E-state index is -1.32. The number of rotatable bonds is 0. The molecule has 3 heteroatoms. The highest BCUT2D eigenvalue weighted by atomic mass is 28.3. The molecule has 0 aromatic carbocycles. The van der Waals surface area contributed by atoms with E-state index in [9.17, 15) is 4.79 Å². The third-order valence-electron chi connectivity index (χ3n) is 1.67. The summed E-state index contributed by atoms with van der Waals surface area (Å²) >= 11 is 0. The second kappa shape index (κ2) is 3.85. The molecule has 0 saturated carbocycles. The largest absolute Gasteiger partial charge is 0.317 e. The van der Waals surface area contributed by atoms with Crippen molar-refractivity contribution in [2.75, 3.05) is 0 Å². The molecule has 0 saturated heterocycles. The van der Waals surface area contributed by atoms with Crippen LogP contribution in [0.1, 0.15) is 5.56 Å². The van der Waals surface area contributed by atoms with Crippen LogP contribution in [-0.2, 0) is 7.05 Å². The second-order valence-corrected chi connectivity index (χ2v) is 9.12. The fourth-order valence-electron chi connectivity index (χ4n) is 0.928. The molecule has 0 radical (unpaired) electrons. The van der Waals surface area contributed by atoms with Gasteiger partial charge in [-0.25, -0.2) is 0 Å². The predicted octanol–water partition coefficient (Wildman–Crippen LogP) is 1.61. The molecule has 1 heterocycles. The third kappa shape index (κ3) is 3.23. The summed E-state index contributed by atoms with van der Waals surface area (Å²) in [6, 6.07) is 3.32. The van der Waals surface area contributed by atoms with Gasteiger partial charge < -0.3 is 4.57 Å². The van der Waals surface area contributed by atoms with Crippen molar-refractivity contribution in [3.05, 3.63) is 34.2 Å². The lowest BCUT2D eigenvalue weighted by molar-refractivity contribution is 0.857. The van der Waals surface area contributed by atoms with Gasteiger partial charge in [0.25, 0.3) is 0 Å². The average Bonchev–Trinajstić information content (AvgIpc) is 2.06. The molecule has 0 spiro atoms. The van der Waals surface area contributed by atoms with Crippen LogP contribution in [0.15, 0.2) is 23.1 Å². The van der Waals surface area contributed by atoms with Crippen LogP contribution in [0.2, 0.25) is 19.6 Å². The van der Waals surface area contributed by atoms with E-state index in [4.69, 9.17) is 0 Å². The molecular weight excluding hydrogens is 190 g/mol. The number of nitrogens with zero attached hydrogens (tertiary/aromatic N) is 1. The van der Waals surface area contributed by atoms with E-state index in [0.29, 0.717) is 0 Å². The quantitative estimate of drug-likeness (QED) is 0.466. The average molecular weight is 205 g/mol. The summed E-state index contributed by atoms with van der Waals surface area (Å²) in [4.78, 5) is 11.1. The van der Waals surface area contributed by atoms with Crippen LogP contribution < -0.4 is 5.56 Å². The van der Waals surface area contributed by atoms with Crippen LogP contribution in [0, 0.1) is 11.5 Å². The molecular formula is C11H15NOSi. The van der Waals surface area contributed by atoms with E-state index in [1.165, 1.54) is 0 Å². The van der Waals surface area contributed by atoms with E-state index in [0.717, 1.165) is 5.56 Å². The first-order valence-electron chi connectivity index (χ1n) is 4.58. The van der Waals surface area contributed by atoms with Crippen molar-refractivity contribution >= 4 is 8.07 Å². The number of hydrogen-bond donors (Lipinski definition) is 0. The summed E-state index contributed by atoms with van der Waals surface area (Å²) in [6.07, 6.45) is 1.77. The monoisotopic (exact) mass is 205 g/mol. The van der Waals surface area contributed by atoms with Crippen LogP contribution in [0.4, 0.5) is 0 Å². The van der Waals surface area contributed by atoms with Gasteiger partial charge in [-0.2, -0.15) is 0 Å². The molecule has 0 fully saturated rings. The highest BCUT2D eigenvalue weighted by Gasteiger charge is 2.07. The molecule has 1 aromatic heterocycles. The standard InChI is InChI=1S/C11H15NOSi/c1-12-9-10(5-6-11(12)13)7-8-14(2,3)4/h5-6,9H,1-4H3. The minimum Gasteiger partial charge on any atom is -0.317 e. The van der Waals surface area contributed by atoms with E-state index in [2.05, 4.69) is 31.1 Å². The Morgan fingerprint density at radius 3 is 2.43 bits per heavy atom. The van der Waals surface area contributed by atoms with E-state index >= 15 is 0 Å². The lowest BCUT2D eigenvalue weighted by Gasteiger charge is -2.03.